The summed E-state index contributed by atoms with van der Waals surface area (Å²) in [5, 5.41) is 5.48. The number of rotatable bonds is 6. The van der Waals surface area contributed by atoms with Crippen LogP contribution in [0.3, 0.4) is 0 Å². The van der Waals surface area contributed by atoms with Crippen molar-refractivity contribution in [1.82, 2.24) is 9.88 Å². The van der Waals surface area contributed by atoms with Gasteiger partial charge in [0.15, 0.2) is 0 Å². The maximum absolute atomic E-state index is 6.02. The molecule has 0 aliphatic heterocycles. The first kappa shape index (κ1) is 12.5. The van der Waals surface area contributed by atoms with Crippen molar-refractivity contribution in [3.05, 3.63) is 35.5 Å². The molecule has 0 amide bonds. The van der Waals surface area contributed by atoms with Crippen molar-refractivity contribution in [1.29, 1.82) is 0 Å². The van der Waals surface area contributed by atoms with Crippen molar-refractivity contribution in [3.63, 3.8) is 0 Å². The van der Waals surface area contributed by atoms with Crippen LogP contribution < -0.4 is 5.32 Å². The van der Waals surface area contributed by atoms with Gasteiger partial charge in [-0.25, -0.2) is 0 Å². The number of aromatic nitrogens is 1. The van der Waals surface area contributed by atoms with E-state index in [4.69, 9.17) is 11.6 Å². The molecule has 0 aliphatic carbocycles. The van der Waals surface area contributed by atoms with E-state index in [1.165, 1.54) is 17.3 Å². The first-order valence-electron chi connectivity index (χ1n) is 6.26. The summed E-state index contributed by atoms with van der Waals surface area (Å²) in [6.45, 7) is 5.42. The van der Waals surface area contributed by atoms with E-state index in [0.717, 1.165) is 31.1 Å². The Kier molecular flexibility index (Phi) is 4.46. The highest BCUT2D eigenvalue weighted by Gasteiger charge is 2.01. The maximum atomic E-state index is 6.02. The highest BCUT2D eigenvalue weighted by atomic mass is 35.5. The topological polar surface area (TPSA) is 17.0 Å². The van der Waals surface area contributed by atoms with Crippen molar-refractivity contribution >= 4 is 22.5 Å². The normalized spacial score (nSPS) is 11.2. The quantitative estimate of drug-likeness (QED) is 0.774. The molecule has 0 saturated heterocycles. The van der Waals surface area contributed by atoms with Crippen LogP contribution in [-0.2, 0) is 6.54 Å². The SMILES string of the molecule is CCCNCCCn1ccc2ccc(Cl)cc21. The number of nitrogens with zero attached hydrogens (tertiary/aromatic N) is 1. The van der Waals surface area contributed by atoms with E-state index in [0.29, 0.717) is 0 Å². The summed E-state index contributed by atoms with van der Waals surface area (Å²) in [6.07, 6.45) is 4.49. The standard InChI is InChI=1S/C14H19ClN2/c1-2-7-16-8-3-9-17-10-6-12-4-5-13(15)11-14(12)17/h4-6,10-11,16H,2-3,7-9H2,1H3. The number of halogens is 1. The van der Waals surface area contributed by atoms with Gasteiger partial charge >= 0.3 is 0 Å². The largest absolute Gasteiger partial charge is 0.347 e. The predicted octanol–water partition coefficient (Wildman–Crippen LogP) is 3.68. The molecule has 1 N–H and O–H groups in total. The van der Waals surface area contributed by atoms with Crippen LogP contribution in [0.4, 0.5) is 0 Å². The fourth-order valence-corrected chi connectivity index (χ4v) is 2.19. The minimum absolute atomic E-state index is 0.807. The van der Waals surface area contributed by atoms with E-state index in [-0.39, 0.29) is 0 Å². The van der Waals surface area contributed by atoms with Gasteiger partial charge in [-0.2, -0.15) is 0 Å². The molecule has 0 radical (unpaired) electrons. The second-order valence-corrected chi connectivity index (χ2v) is 4.75. The van der Waals surface area contributed by atoms with Gasteiger partial charge in [0.1, 0.15) is 0 Å². The lowest BCUT2D eigenvalue weighted by atomic mass is 10.2. The number of aryl methyl sites for hydroxylation is 1. The molecule has 0 unspecified atom stereocenters. The molecule has 2 aromatic rings. The van der Waals surface area contributed by atoms with Crippen LogP contribution in [0.1, 0.15) is 19.8 Å². The molecule has 0 spiro atoms. The zero-order valence-electron chi connectivity index (χ0n) is 10.2. The van der Waals surface area contributed by atoms with Crippen LogP contribution in [0.15, 0.2) is 30.5 Å². The maximum Gasteiger partial charge on any atom is 0.0495 e. The summed E-state index contributed by atoms with van der Waals surface area (Å²) in [4.78, 5) is 0. The molecular weight excluding hydrogens is 232 g/mol. The van der Waals surface area contributed by atoms with E-state index >= 15 is 0 Å². The average Bonchev–Trinajstić information content (AvgIpc) is 2.72. The third-order valence-electron chi connectivity index (χ3n) is 2.92. The van der Waals surface area contributed by atoms with E-state index in [9.17, 15) is 0 Å². The first-order valence-corrected chi connectivity index (χ1v) is 6.64. The summed E-state index contributed by atoms with van der Waals surface area (Å²) in [6, 6.07) is 8.20. The lowest BCUT2D eigenvalue weighted by molar-refractivity contribution is 0.587. The Morgan fingerprint density at radius 3 is 2.94 bits per heavy atom. The third kappa shape index (κ3) is 3.24. The molecule has 17 heavy (non-hydrogen) atoms. The van der Waals surface area contributed by atoms with Gasteiger partial charge in [-0.1, -0.05) is 24.6 Å². The summed E-state index contributed by atoms with van der Waals surface area (Å²) in [5.41, 5.74) is 1.23. The minimum Gasteiger partial charge on any atom is -0.347 e. The van der Waals surface area contributed by atoms with Gasteiger partial charge in [0.25, 0.3) is 0 Å². The fraction of sp³-hybridized carbons (Fsp3) is 0.429. The van der Waals surface area contributed by atoms with Crippen molar-refractivity contribution in [2.75, 3.05) is 13.1 Å². The average molecular weight is 251 g/mol. The Hall–Kier alpha value is -0.990. The second-order valence-electron chi connectivity index (χ2n) is 4.32. The Labute approximate surface area is 108 Å². The number of hydrogen-bond acceptors (Lipinski definition) is 1. The molecule has 0 fully saturated rings. The van der Waals surface area contributed by atoms with Gasteiger partial charge in [-0.05, 0) is 49.5 Å². The fourth-order valence-electron chi connectivity index (χ4n) is 2.03. The number of nitrogens with one attached hydrogen (secondary N) is 1. The lowest BCUT2D eigenvalue weighted by Crippen LogP contribution is -2.17. The van der Waals surface area contributed by atoms with Crippen LogP contribution in [0.2, 0.25) is 5.02 Å². The summed E-state index contributed by atoms with van der Waals surface area (Å²) < 4.78 is 2.27. The lowest BCUT2D eigenvalue weighted by Gasteiger charge is -2.06. The van der Waals surface area contributed by atoms with Gasteiger partial charge in [-0.3, -0.25) is 0 Å². The van der Waals surface area contributed by atoms with Gasteiger partial charge in [0, 0.05) is 23.3 Å². The Balaban J connectivity index is 1.96. The van der Waals surface area contributed by atoms with Crippen molar-refractivity contribution < 1.29 is 0 Å². The minimum atomic E-state index is 0.807. The van der Waals surface area contributed by atoms with Crippen LogP contribution in [0.25, 0.3) is 10.9 Å². The summed E-state index contributed by atoms with van der Waals surface area (Å²) in [7, 11) is 0. The molecule has 0 bridgehead atoms. The predicted molar refractivity (Wildman–Crippen MR) is 74.7 cm³/mol. The van der Waals surface area contributed by atoms with Gasteiger partial charge < -0.3 is 9.88 Å². The van der Waals surface area contributed by atoms with Crippen LogP contribution in [-0.4, -0.2) is 17.7 Å². The molecule has 92 valence electrons. The molecule has 3 heteroatoms. The Morgan fingerprint density at radius 2 is 2.12 bits per heavy atom. The van der Waals surface area contributed by atoms with E-state index in [1.54, 1.807) is 0 Å². The van der Waals surface area contributed by atoms with E-state index in [2.05, 4.69) is 35.1 Å². The molecule has 1 aromatic carbocycles. The molecule has 1 heterocycles. The molecule has 2 nitrogen and oxygen atoms in total. The van der Waals surface area contributed by atoms with Gasteiger partial charge in [-0.15, -0.1) is 0 Å². The number of hydrogen-bond donors (Lipinski definition) is 1. The number of fused-ring (bicyclic) bond motifs is 1. The number of benzene rings is 1. The monoisotopic (exact) mass is 250 g/mol. The summed E-state index contributed by atoms with van der Waals surface area (Å²) in [5.74, 6) is 0. The highest BCUT2D eigenvalue weighted by molar-refractivity contribution is 6.31. The summed E-state index contributed by atoms with van der Waals surface area (Å²) >= 11 is 6.02. The smallest absolute Gasteiger partial charge is 0.0495 e. The zero-order chi connectivity index (χ0) is 12.1. The Bertz CT molecular complexity index is 476. The van der Waals surface area contributed by atoms with Crippen molar-refractivity contribution in [2.24, 2.45) is 0 Å². The molecule has 0 atom stereocenters. The van der Waals surface area contributed by atoms with Crippen LogP contribution in [0, 0.1) is 0 Å². The molecule has 2 rings (SSSR count). The second kappa shape index (κ2) is 6.08. The Morgan fingerprint density at radius 1 is 1.24 bits per heavy atom. The highest BCUT2D eigenvalue weighted by Crippen LogP contribution is 2.20. The molecule has 1 aromatic heterocycles. The van der Waals surface area contributed by atoms with Gasteiger partial charge in [0.05, 0.1) is 0 Å². The van der Waals surface area contributed by atoms with Crippen LogP contribution in [0.5, 0.6) is 0 Å². The van der Waals surface area contributed by atoms with Crippen LogP contribution >= 0.6 is 11.6 Å². The molecule has 0 aliphatic rings. The molecule has 0 saturated carbocycles. The first-order chi connectivity index (χ1) is 8.31. The van der Waals surface area contributed by atoms with Crippen molar-refractivity contribution in [3.8, 4) is 0 Å². The van der Waals surface area contributed by atoms with Gasteiger partial charge in [0.2, 0.25) is 0 Å². The van der Waals surface area contributed by atoms with Crippen molar-refractivity contribution in [2.45, 2.75) is 26.3 Å². The third-order valence-corrected chi connectivity index (χ3v) is 3.15. The zero-order valence-corrected chi connectivity index (χ0v) is 11.0. The molecular formula is C14H19ClN2. The van der Waals surface area contributed by atoms with E-state index in [1.807, 2.05) is 12.1 Å². The van der Waals surface area contributed by atoms with E-state index < -0.39 is 0 Å².